The van der Waals surface area contributed by atoms with Crippen LogP contribution in [0.2, 0.25) is 0 Å². The molecular formula is C14H19BN2O4. The van der Waals surface area contributed by atoms with Gasteiger partial charge >= 0.3 is 7.12 Å². The highest BCUT2D eigenvalue weighted by Gasteiger charge is 2.52. The lowest BCUT2D eigenvalue weighted by Crippen LogP contribution is -2.41. The van der Waals surface area contributed by atoms with E-state index in [1.807, 2.05) is 27.7 Å². The van der Waals surface area contributed by atoms with Gasteiger partial charge in [0.1, 0.15) is 5.69 Å². The smallest absolute Gasteiger partial charge is 0.399 e. The summed E-state index contributed by atoms with van der Waals surface area (Å²) in [6, 6.07) is 1.64. The lowest BCUT2D eigenvalue weighted by molar-refractivity contribution is 0.00578. The van der Waals surface area contributed by atoms with Crippen molar-refractivity contribution in [2.75, 3.05) is 7.05 Å². The molecule has 2 heterocycles. The van der Waals surface area contributed by atoms with Crippen LogP contribution in [0.5, 0.6) is 0 Å². The molecule has 1 aromatic rings. The van der Waals surface area contributed by atoms with E-state index >= 15 is 0 Å². The third-order valence-electron chi connectivity index (χ3n) is 4.09. The number of aromatic nitrogens is 1. The summed E-state index contributed by atoms with van der Waals surface area (Å²) in [6.07, 6.45) is 2.08. The van der Waals surface area contributed by atoms with Gasteiger partial charge in [0, 0.05) is 18.8 Å². The van der Waals surface area contributed by atoms with Crippen molar-refractivity contribution in [1.82, 2.24) is 10.3 Å². The van der Waals surface area contributed by atoms with E-state index in [0.717, 1.165) is 0 Å². The molecule has 1 N–H and O–H groups in total. The zero-order valence-electron chi connectivity index (χ0n) is 12.9. The SMILES string of the molecule is CNC(=O)c1nccc(B2OC(C)(C)C(C)(C)O2)c1C=O. The average molecular weight is 290 g/mol. The van der Waals surface area contributed by atoms with E-state index in [1.54, 1.807) is 6.07 Å². The number of pyridine rings is 1. The van der Waals surface area contributed by atoms with Crippen molar-refractivity contribution in [1.29, 1.82) is 0 Å². The average Bonchev–Trinajstić information content (AvgIpc) is 2.65. The van der Waals surface area contributed by atoms with Gasteiger partial charge in [-0.2, -0.15) is 0 Å². The first kappa shape index (κ1) is 15.7. The summed E-state index contributed by atoms with van der Waals surface area (Å²) in [5.74, 6) is -0.421. The fraction of sp³-hybridized carbons (Fsp3) is 0.500. The molecule has 1 aromatic heterocycles. The molecule has 1 aliphatic heterocycles. The van der Waals surface area contributed by atoms with Gasteiger partial charge in [-0.25, -0.2) is 0 Å². The van der Waals surface area contributed by atoms with Crippen LogP contribution in [0.4, 0.5) is 0 Å². The Balaban J connectivity index is 2.47. The predicted octanol–water partition coefficient (Wildman–Crippen LogP) is 0.553. The van der Waals surface area contributed by atoms with Gasteiger partial charge < -0.3 is 14.6 Å². The van der Waals surface area contributed by atoms with Crippen molar-refractivity contribution in [3.63, 3.8) is 0 Å². The van der Waals surface area contributed by atoms with Gasteiger partial charge in [-0.1, -0.05) is 0 Å². The van der Waals surface area contributed by atoms with Crippen molar-refractivity contribution in [2.45, 2.75) is 38.9 Å². The second-order valence-electron chi connectivity index (χ2n) is 5.95. The Morgan fingerprint density at radius 2 is 1.86 bits per heavy atom. The fourth-order valence-corrected chi connectivity index (χ4v) is 2.09. The van der Waals surface area contributed by atoms with Gasteiger partial charge in [0.15, 0.2) is 6.29 Å². The van der Waals surface area contributed by atoms with Crippen LogP contribution in [-0.4, -0.2) is 42.5 Å². The van der Waals surface area contributed by atoms with Gasteiger partial charge in [0.05, 0.1) is 11.2 Å². The van der Waals surface area contributed by atoms with Crippen molar-refractivity contribution in [3.05, 3.63) is 23.5 Å². The molecule has 1 aliphatic rings. The maximum Gasteiger partial charge on any atom is 0.495 e. The number of nitrogens with one attached hydrogen (secondary N) is 1. The van der Waals surface area contributed by atoms with Gasteiger partial charge in [-0.05, 0) is 39.2 Å². The molecule has 21 heavy (non-hydrogen) atoms. The van der Waals surface area contributed by atoms with Crippen molar-refractivity contribution >= 4 is 24.8 Å². The second-order valence-corrected chi connectivity index (χ2v) is 5.95. The normalized spacial score (nSPS) is 19.4. The molecular weight excluding hydrogens is 271 g/mol. The molecule has 2 rings (SSSR count). The Morgan fingerprint density at radius 3 is 2.33 bits per heavy atom. The molecule has 1 fully saturated rings. The fourth-order valence-electron chi connectivity index (χ4n) is 2.09. The van der Waals surface area contributed by atoms with Crippen molar-refractivity contribution < 1.29 is 18.9 Å². The molecule has 1 amide bonds. The Kier molecular flexibility index (Phi) is 3.90. The topological polar surface area (TPSA) is 77.5 Å². The number of rotatable bonds is 3. The Labute approximate surface area is 124 Å². The Morgan fingerprint density at radius 1 is 1.29 bits per heavy atom. The Bertz CT molecular complexity index is 570. The van der Waals surface area contributed by atoms with E-state index in [9.17, 15) is 9.59 Å². The highest BCUT2D eigenvalue weighted by atomic mass is 16.7. The summed E-state index contributed by atoms with van der Waals surface area (Å²) >= 11 is 0. The maximum atomic E-state index is 11.8. The quantitative estimate of drug-likeness (QED) is 0.650. The van der Waals surface area contributed by atoms with E-state index in [0.29, 0.717) is 11.7 Å². The second kappa shape index (κ2) is 5.24. The van der Waals surface area contributed by atoms with Crippen LogP contribution in [0.15, 0.2) is 12.3 Å². The van der Waals surface area contributed by atoms with Gasteiger partial charge in [-0.3, -0.25) is 14.6 Å². The highest BCUT2D eigenvalue weighted by Crippen LogP contribution is 2.36. The molecule has 0 bridgehead atoms. The van der Waals surface area contributed by atoms with Crippen molar-refractivity contribution in [2.24, 2.45) is 0 Å². The van der Waals surface area contributed by atoms with Gasteiger partial charge in [-0.15, -0.1) is 0 Å². The number of hydrogen-bond acceptors (Lipinski definition) is 5. The van der Waals surface area contributed by atoms with Gasteiger partial charge in [0.25, 0.3) is 5.91 Å². The predicted molar refractivity (Wildman–Crippen MR) is 78.7 cm³/mol. The minimum absolute atomic E-state index is 0.0692. The van der Waals surface area contributed by atoms with Crippen LogP contribution in [-0.2, 0) is 9.31 Å². The van der Waals surface area contributed by atoms with E-state index in [1.165, 1.54) is 13.2 Å². The third kappa shape index (κ3) is 2.58. The summed E-state index contributed by atoms with van der Waals surface area (Å²) in [7, 11) is 0.779. The van der Waals surface area contributed by atoms with Gasteiger partial charge in [0.2, 0.25) is 0 Å². The zero-order valence-corrected chi connectivity index (χ0v) is 12.9. The van der Waals surface area contributed by atoms with Crippen LogP contribution < -0.4 is 10.8 Å². The first-order valence-corrected chi connectivity index (χ1v) is 6.75. The largest absolute Gasteiger partial charge is 0.495 e. The third-order valence-corrected chi connectivity index (χ3v) is 4.09. The summed E-state index contributed by atoms with van der Waals surface area (Å²) in [6.45, 7) is 7.70. The number of carbonyl (C=O) groups excluding carboxylic acids is 2. The number of nitrogens with zero attached hydrogens (tertiary/aromatic N) is 1. The molecule has 0 spiro atoms. The summed E-state index contributed by atoms with van der Waals surface area (Å²) in [5.41, 5.74) is -0.268. The standard InChI is InChI=1S/C14H19BN2O4/c1-13(2)14(3,4)21-15(20-13)10-6-7-17-11(9(10)8-18)12(19)16-5/h6-8H,1-5H3,(H,16,19). The van der Waals surface area contributed by atoms with Crippen molar-refractivity contribution in [3.8, 4) is 0 Å². The number of hydrogen-bond donors (Lipinski definition) is 1. The first-order valence-electron chi connectivity index (χ1n) is 6.75. The lowest BCUT2D eigenvalue weighted by atomic mass is 9.76. The molecule has 0 aromatic carbocycles. The monoisotopic (exact) mass is 290 g/mol. The Hall–Kier alpha value is -1.73. The van der Waals surface area contributed by atoms with E-state index in [4.69, 9.17) is 9.31 Å². The minimum Gasteiger partial charge on any atom is -0.399 e. The van der Waals surface area contributed by atoms with Crippen LogP contribution in [0, 0.1) is 0 Å². The highest BCUT2D eigenvalue weighted by molar-refractivity contribution is 6.63. The van der Waals surface area contributed by atoms with E-state index in [-0.39, 0.29) is 11.3 Å². The molecule has 112 valence electrons. The molecule has 6 nitrogen and oxygen atoms in total. The molecule has 0 radical (unpaired) electrons. The number of carbonyl (C=O) groups is 2. The molecule has 0 aliphatic carbocycles. The molecule has 0 unspecified atom stereocenters. The lowest BCUT2D eigenvalue weighted by Gasteiger charge is -2.32. The summed E-state index contributed by atoms with van der Waals surface area (Å²) in [5, 5.41) is 2.46. The number of aldehydes is 1. The van der Waals surface area contributed by atoms with Crippen LogP contribution in [0.25, 0.3) is 0 Å². The zero-order chi connectivity index (χ0) is 15.8. The van der Waals surface area contributed by atoms with Crippen LogP contribution in [0.3, 0.4) is 0 Å². The summed E-state index contributed by atoms with van der Waals surface area (Å²) < 4.78 is 11.8. The summed E-state index contributed by atoms with van der Waals surface area (Å²) in [4.78, 5) is 27.2. The van der Waals surface area contributed by atoms with E-state index < -0.39 is 24.2 Å². The molecule has 7 heteroatoms. The molecule has 0 atom stereocenters. The minimum atomic E-state index is -0.707. The van der Waals surface area contributed by atoms with Crippen LogP contribution >= 0.6 is 0 Å². The van der Waals surface area contributed by atoms with E-state index in [2.05, 4.69) is 10.3 Å². The number of amides is 1. The first-order chi connectivity index (χ1) is 9.73. The van der Waals surface area contributed by atoms with Crippen LogP contribution in [0.1, 0.15) is 48.5 Å². The molecule has 1 saturated heterocycles. The maximum absolute atomic E-state index is 11.8. The molecule has 0 saturated carbocycles.